The summed E-state index contributed by atoms with van der Waals surface area (Å²) in [6.45, 7) is 0. The molecule has 0 aliphatic rings. The van der Waals surface area contributed by atoms with Crippen molar-refractivity contribution in [3.63, 3.8) is 0 Å². The first kappa shape index (κ1) is 7.93. The van der Waals surface area contributed by atoms with Gasteiger partial charge in [-0.3, -0.25) is 0 Å². The fraction of sp³-hybridized carbons (Fsp3) is 0.200. The molecular weight excluding hydrogens is 168 g/mol. The molecule has 1 N–H and O–H groups in total. The molecule has 60 valence electrons. The summed E-state index contributed by atoms with van der Waals surface area (Å²) in [7, 11) is -3.35. The average molecular weight is 174 g/mol. The van der Waals surface area contributed by atoms with E-state index in [-0.39, 0.29) is 10.9 Å². The van der Waals surface area contributed by atoms with E-state index in [4.69, 9.17) is 5.11 Å². The molecule has 0 aliphatic carbocycles. The molecule has 0 radical (unpaired) electrons. The van der Waals surface area contributed by atoms with Crippen molar-refractivity contribution in [2.24, 2.45) is 0 Å². The SMILES string of the molecule is CS(=O)(=O)c1ncc(O)cn1. The second-order valence-electron chi connectivity index (χ2n) is 2.00. The van der Waals surface area contributed by atoms with Crippen LogP contribution in [-0.2, 0) is 9.84 Å². The van der Waals surface area contributed by atoms with E-state index >= 15 is 0 Å². The van der Waals surface area contributed by atoms with Crippen molar-refractivity contribution in [3.8, 4) is 5.75 Å². The Morgan fingerprint density at radius 3 is 2.18 bits per heavy atom. The lowest BCUT2D eigenvalue weighted by Crippen LogP contribution is -2.02. The number of hydrogen-bond acceptors (Lipinski definition) is 5. The van der Waals surface area contributed by atoms with Gasteiger partial charge in [-0.1, -0.05) is 0 Å². The van der Waals surface area contributed by atoms with Crippen molar-refractivity contribution in [2.75, 3.05) is 6.26 Å². The third kappa shape index (κ3) is 1.87. The van der Waals surface area contributed by atoms with E-state index in [9.17, 15) is 8.42 Å². The van der Waals surface area contributed by atoms with Crippen molar-refractivity contribution in [1.82, 2.24) is 9.97 Å². The molecule has 1 aromatic heterocycles. The van der Waals surface area contributed by atoms with Gasteiger partial charge in [-0.05, 0) is 0 Å². The predicted molar refractivity (Wildman–Crippen MR) is 36.8 cm³/mol. The Morgan fingerprint density at radius 2 is 1.82 bits per heavy atom. The van der Waals surface area contributed by atoms with Gasteiger partial charge in [0, 0.05) is 6.26 Å². The van der Waals surface area contributed by atoms with E-state index in [1.54, 1.807) is 0 Å². The van der Waals surface area contributed by atoms with Crippen LogP contribution < -0.4 is 0 Å². The lowest BCUT2D eigenvalue weighted by atomic mass is 10.6. The van der Waals surface area contributed by atoms with Crippen molar-refractivity contribution in [1.29, 1.82) is 0 Å². The molecule has 0 atom stereocenters. The largest absolute Gasteiger partial charge is 0.505 e. The Bertz CT molecular complexity index is 342. The third-order valence-corrected chi connectivity index (χ3v) is 1.82. The van der Waals surface area contributed by atoms with Gasteiger partial charge in [-0.2, -0.15) is 0 Å². The van der Waals surface area contributed by atoms with Crippen LogP contribution in [0.1, 0.15) is 0 Å². The first-order chi connectivity index (χ1) is 5.00. The van der Waals surface area contributed by atoms with Gasteiger partial charge >= 0.3 is 0 Å². The highest BCUT2D eigenvalue weighted by molar-refractivity contribution is 7.90. The fourth-order valence-corrected chi connectivity index (χ4v) is 0.989. The monoisotopic (exact) mass is 174 g/mol. The van der Waals surface area contributed by atoms with E-state index in [1.165, 1.54) is 0 Å². The molecule has 0 saturated carbocycles. The van der Waals surface area contributed by atoms with Crippen LogP contribution in [-0.4, -0.2) is 29.7 Å². The van der Waals surface area contributed by atoms with Crippen LogP contribution in [0.25, 0.3) is 0 Å². The fourth-order valence-electron chi connectivity index (χ4n) is 0.501. The Balaban J connectivity index is 3.20. The van der Waals surface area contributed by atoms with Gasteiger partial charge in [0.15, 0.2) is 5.75 Å². The number of rotatable bonds is 1. The van der Waals surface area contributed by atoms with Crippen LogP contribution in [0.5, 0.6) is 5.75 Å². The number of nitrogens with zero attached hydrogens (tertiary/aromatic N) is 2. The van der Waals surface area contributed by atoms with Crippen LogP contribution in [0.3, 0.4) is 0 Å². The second kappa shape index (κ2) is 2.46. The minimum atomic E-state index is -3.35. The Morgan fingerprint density at radius 1 is 1.36 bits per heavy atom. The van der Waals surface area contributed by atoms with E-state index < -0.39 is 9.84 Å². The molecule has 1 aromatic rings. The highest BCUT2D eigenvalue weighted by Gasteiger charge is 2.09. The van der Waals surface area contributed by atoms with Gasteiger partial charge < -0.3 is 5.11 Å². The van der Waals surface area contributed by atoms with Crippen LogP contribution in [0.2, 0.25) is 0 Å². The molecule has 1 heterocycles. The predicted octanol–water partition coefficient (Wildman–Crippen LogP) is -0.414. The normalized spacial score (nSPS) is 11.4. The molecule has 0 bridgehead atoms. The summed E-state index contributed by atoms with van der Waals surface area (Å²) in [4.78, 5) is 6.80. The standard InChI is InChI=1S/C5H6N2O3S/c1-11(9,10)5-6-2-4(8)3-7-5/h2-3,8H,1H3. The van der Waals surface area contributed by atoms with E-state index in [2.05, 4.69) is 9.97 Å². The van der Waals surface area contributed by atoms with Gasteiger partial charge in [-0.25, -0.2) is 18.4 Å². The highest BCUT2D eigenvalue weighted by atomic mass is 32.2. The quantitative estimate of drug-likeness (QED) is 0.585. The third-order valence-electron chi connectivity index (χ3n) is 0.946. The van der Waals surface area contributed by atoms with Gasteiger partial charge in [-0.15, -0.1) is 0 Å². The molecule has 0 spiro atoms. The van der Waals surface area contributed by atoms with Gasteiger partial charge in [0.2, 0.25) is 15.0 Å². The van der Waals surface area contributed by atoms with Gasteiger partial charge in [0.25, 0.3) is 0 Å². The summed E-state index contributed by atoms with van der Waals surface area (Å²) in [5, 5.41) is 8.42. The molecule has 0 amide bonds. The topological polar surface area (TPSA) is 80.2 Å². The molecule has 1 rings (SSSR count). The summed E-state index contributed by atoms with van der Waals surface area (Å²) < 4.78 is 21.5. The van der Waals surface area contributed by atoms with Gasteiger partial charge in [0.1, 0.15) is 0 Å². The van der Waals surface area contributed by atoms with E-state index in [0.29, 0.717) is 0 Å². The molecule has 0 aromatic carbocycles. The molecule has 0 aliphatic heterocycles. The zero-order valence-corrected chi connectivity index (χ0v) is 6.54. The van der Waals surface area contributed by atoms with Gasteiger partial charge in [0.05, 0.1) is 12.4 Å². The summed E-state index contributed by atoms with van der Waals surface area (Å²) in [5.41, 5.74) is 0. The number of aromatic nitrogens is 2. The molecule has 0 unspecified atom stereocenters. The molecular formula is C5H6N2O3S. The maximum absolute atomic E-state index is 10.7. The van der Waals surface area contributed by atoms with E-state index in [1.807, 2.05) is 0 Å². The molecule has 6 heteroatoms. The second-order valence-corrected chi connectivity index (χ2v) is 3.91. The Kier molecular flexibility index (Phi) is 1.77. The van der Waals surface area contributed by atoms with Crippen molar-refractivity contribution >= 4 is 9.84 Å². The van der Waals surface area contributed by atoms with Crippen LogP contribution >= 0.6 is 0 Å². The highest BCUT2D eigenvalue weighted by Crippen LogP contribution is 2.05. The summed E-state index contributed by atoms with van der Waals surface area (Å²) in [5.74, 6) is -0.155. The van der Waals surface area contributed by atoms with Crippen molar-refractivity contribution in [3.05, 3.63) is 12.4 Å². The first-order valence-corrected chi connectivity index (χ1v) is 4.60. The molecule has 0 saturated heterocycles. The van der Waals surface area contributed by atoms with Crippen LogP contribution in [0.15, 0.2) is 17.6 Å². The zero-order valence-electron chi connectivity index (χ0n) is 5.72. The lowest BCUT2D eigenvalue weighted by Gasteiger charge is -1.93. The number of sulfone groups is 1. The Hall–Kier alpha value is -1.17. The Labute approximate surface area is 63.7 Å². The molecule has 0 fully saturated rings. The number of hydrogen-bond donors (Lipinski definition) is 1. The first-order valence-electron chi connectivity index (χ1n) is 2.71. The van der Waals surface area contributed by atoms with E-state index in [0.717, 1.165) is 18.6 Å². The van der Waals surface area contributed by atoms with Crippen molar-refractivity contribution < 1.29 is 13.5 Å². The maximum atomic E-state index is 10.7. The maximum Gasteiger partial charge on any atom is 0.246 e. The minimum absolute atomic E-state index is 0.155. The van der Waals surface area contributed by atoms with Crippen LogP contribution in [0.4, 0.5) is 0 Å². The summed E-state index contributed by atoms with van der Waals surface area (Å²) in [6, 6.07) is 0. The molecule has 5 nitrogen and oxygen atoms in total. The minimum Gasteiger partial charge on any atom is -0.505 e. The average Bonchev–Trinajstić information content (AvgIpc) is 1.86. The molecule has 11 heavy (non-hydrogen) atoms. The van der Waals surface area contributed by atoms with Crippen LogP contribution in [0, 0.1) is 0 Å². The summed E-state index contributed by atoms with van der Waals surface area (Å²) in [6.07, 6.45) is 3.06. The number of aromatic hydroxyl groups is 1. The smallest absolute Gasteiger partial charge is 0.246 e. The lowest BCUT2D eigenvalue weighted by molar-refractivity contribution is 0.466. The summed E-state index contributed by atoms with van der Waals surface area (Å²) >= 11 is 0. The zero-order chi connectivity index (χ0) is 8.48. The van der Waals surface area contributed by atoms with Crippen molar-refractivity contribution in [2.45, 2.75) is 5.16 Å².